The van der Waals surface area contributed by atoms with Crippen LogP contribution >= 0.6 is 11.3 Å². The van der Waals surface area contributed by atoms with Crippen molar-refractivity contribution in [1.82, 2.24) is 4.98 Å². The van der Waals surface area contributed by atoms with Crippen LogP contribution in [0.5, 0.6) is 23.0 Å². The molecule has 0 amide bonds. The van der Waals surface area contributed by atoms with Crippen LogP contribution in [0.4, 0.5) is 5.13 Å². The molecule has 8 heteroatoms. The number of thiazole rings is 1. The van der Waals surface area contributed by atoms with Gasteiger partial charge in [0.2, 0.25) is 10.9 Å². The lowest BCUT2D eigenvalue weighted by Gasteiger charge is -2.14. The predicted molar refractivity (Wildman–Crippen MR) is 121 cm³/mol. The molecule has 0 saturated heterocycles. The summed E-state index contributed by atoms with van der Waals surface area (Å²) in [4.78, 5) is 4.58. The minimum atomic E-state index is 0.584. The summed E-state index contributed by atoms with van der Waals surface area (Å²) >= 11 is 1.46. The van der Waals surface area contributed by atoms with E-state index in [0.717, 1.165) is 29.0 Å². The SMILES string of the molecule is CCCOc1c(OC)cc(/C=N\Nc2nc(-c3ccccc3OC)cs2)cc1OC. The van der Waals surface area contributed by atoms with E-state index in [2.05, 4.69) is 15.5 Å². The Morgan fingerprint density at radius 1 is 1.03 bits per heavy atom. The molecule has 3 aromatic rings. The van der Waals surface area contributed by atoms with E-state index in [4.69, 9.17) is 18.9 Å². The number of hydrazone groups is 1. The van der Waals surface area contributed by atoms with Gasteiger partial charge in [-0.2, -0.15) is 5.10 Å². The number of methoxy groups -OCH3 is 3. The molecule has 3 rings (SSSR count). The zero-order chi connectivity index (χ0) is 21.3. The smallest absolute Gasteiger partial charge is 0.203 e. The number of nitrogens with zero attached hydrogens (tertiary/aromatic N) is 2. The van der Waals surface area contributed by atoms with Crippen molar-refractivity contribution in [2.75, 3.05) is 33.4 Å². The van der Waals surface area contributed by atoms with E-state index in [9.17, 15) is 0 Å². The molecule has 0 radical (unpaired) electrons. The highest BCUT2D eigenvalue weighted by Crippen LogP contribution is 2.38. The minimum Gasteiger partial charge on any atom is -0.496 e. The van der Waals surface area contributed by atoms with Gasteiger partial charge in [-0.15, -0.1) is 11.3 Å². The Hall–Kier alpha value is -3.26. The number of hydrogen-bond donors (Lipinski definition) is 1. The van der Waals surface area contributed by atoms with E-state index in [1.807, 2.05) is 48.7 Å². The summed E-state index contributed by atoms with van der Waals surface area (Å²) in [5.41, 5.74) is 5.54. The molecule has 7 nitrogen and oxygen atoms in total. The third-order valence-corrected chi connectivity index (χ3v) is 4.94. The van der Waals surface area contributed by atoms with Gasteiger partial charge in [-0.25, -0.2) is 4.98 Å². The van der Waals surface area contributed by atoms with Crippen LogP contribution in [0.2, 0.25) is 0 Å². The first-order valence-corrected chi connectivity index (χ1v) is 10.3. The highest BCUT2D eigenvalue weighted by Gasteiger charge is 2.13. The lowest BCUT2D eigenvalue weighted by atomic mass is 10.1. The molecule has 1 aromatic heterocycles. The normalized spacial score (nSPS) is 10.8. The molecule has 1 heterocycles. The fourth-order valence-corrected chi connectivity index (χ4v) is 3.45. The summed E-state index contributed by atoms with van der Waals surface area (Å²) in [6.07, 6.45) is 2.57. The van der Waals surface area contributed by atoms with E-state index < -0.39 is 0 Å². The average molecular weight is 428 g/mol. The van der Waals surface area contributed by atoms with Crippen molar-refractivity contribution in [3.05, 3.63) is 47.3 Å². The second kappa shape index (κ2) is 10.5. The van der Waals surface area contributed by atoms with Crippen molar-refractivity contribution in [2.45, 2.75) is 13.3 Å². The maximum Gasteiger partial charge on any atom is 0.203 e. The topological polar surface area (TPSA) is 74.2 Å². The summed E-state index contributed by atoms with van der Waals surface area (Å²) in [5.74, 6) is 2.56. The molecule has 0 spiro atoms. The number of anilines is 1. The molecule has 1 N–H and O–H groups in total. The van der Waals surface area contributed by atoms with Gasteiger partial charge >= 0.3 is 0 Å². The van der Waals surface area contributed by atoms with Gasteiger partial charge in [0.05, 0.1) is 39.8 Å². The summed E-state index contributed by atoms with van der Waals surface area (Å²) in [6.45, 7) is 2.63. The third-order valence-electron chi connectivity index (χ3n) is 4.19. The highest BCUT2D eigenvalue weighted by atomic mass is 32.1. The Bertz CT molecular complexity index is 979. The van der Waals surface area contributed by atoms with E-state index in [1.54, 1.807) is 27.5 Å². The first kappa shape index (κ1) is 21.4. The van der Waals surface area contributed by atoms with Gasteiger partial charge in [0.1, 0.15) is 5.75 Å². The van der Waals surface area contributed by atoms with Crippen molar-refractivity contribution >= 4 is 22.7 Å². The molecule has 0 unspecified atom stereocenters. The average Bonchev–Trinajstić information content (AvgIpc) is 3.26. The molecule has 2 aromatic carbocycles. The van der Waals surface area contributed by atoms with Gasteiger partial charge in [-0.05, 0) is 30.7 Å². The Balaban J connectivity index is 1.75. The Morgan fingerprint density at radius 3 is 2.40 bits per heavy atom. The quantitative estimate of drug-likeness (QED) is 0.360. The van der Waals surface area contributed by atoms with E-state index in [0.29, 0.717) is 29.0 Å². The zero-order valence-electron chi connectivity index (χ0n) is 17.5. The summed E-state index contributed by atoms with van der Waals surface area (Å²) in [5, 5.41) is 6.93. The molecule has 0 aliphatic heterocycles. The van der Waals surface area contributed by atoms with Gasteiger partial charge in [0, 0.05) is 16.5 Å². The van der Waals surface area contributed by atoms with Crippen molar-refractivity contribution in [1.29, 1.82) is 0 Å². The van der Waals surface area contributed by atoms with E-state index in [1.165, 1.54) is 11.3 Å². The van der Waals surface area contributed by atoms with Crippen molar-refractivity contribution in [3.8, 4) is 34.3 Å². The van der Waals surface area contributed by atoms with E-state index >= 15 is 0 Å². The van der Waals surface area contributed by atoms with Crippen molar-refractivity contribution in [3.63, 3.8) is 0 Å². The van der Waals surface area contributed by atoms with Crippen LogP contribution in [0.1, 0.15) is 18.9 Å². The van der Waals surface area contributed by atoms with Crippen LogP contribution in [0.15, 0.2) is 46.9 Å². The summed E-state index contributed by atoms with van der Waals surface area (Å²) in [6, 6.07) is 11.5. The van der Waals surface area contributed by atoms with E-state index in [-0.39, 0.29) is 0 Å². The molecule has 0 aliphatic carbocycles. The van der Waals surface area contributed by atoms with Gasteiger partial charge in [-0.3, -0.25) is 5.43 Å². The fourth-order valence-electron chi connectivity index (χ4n) is 2.79. The molecule has 0 saturated carbocycles. The molecular formula is C22H25N3O4S. The number of hydrogen-bond acceptors (Lipinski definition) is 8. The van der Waals surface area contributed by atoms with Gasteiger partial charge in [-0.1, -0.05) is 19.1 Å². The lowest BCUT2D eigenvalue weighted by molar-refractivity contribution is 0.275. The Labute approximate surface area is 180 Å². The third kappa shape index (κ3) is 5.01. The van der Waals surface area contributed by atoms with Crippen LogP contribution < -0.4 is 24.4 Å². The largest absolute Gasteiger partial charge is 0.496 e. The molecule has 158 valence electrons. The fraction of sp³-hybridized carbons (Fsp3) is 0.273. The molecule has 0 fully saturated rings. The predicted octanol–water partition coefficient (Wildman–Crippen LogP) is 5.07. The summed E-state index contributed by atoms with van der Waals surface area (Å²) in [7, 11) is 4.85. The highest BCUT2D eigenvalue weighted by molar-refractivity contribution is 7.14. The molecular weight excluding hydrogens is 402 g/mol. The monoisotopic (exact) mass is 427 g/mol. The Morgan fingerprint density at radius 2 is 1.73 bits per heavy atom. The molecule has 0 aliphatic rings. The van der Waals surface area contributed by atoms with Gasteiger partial charge in [0.25, 0.3) is 0 Å². The molecule has 30 heavy (non-hydrogen) atoms. The van der Waals surface area contributed by atoms with Crippen LogP contribution in [0.25, 0.3) is 11.3 Å². The standard InChI is InChI=1S/C22H25N3O4S/c1-5-10-29-21-19(27-3)11-15(12-20(21)28-4)13-23-25-22-24-17(14-30-22)16-8-6-7-9-18(16)26-2/h6-9,11-14H,5,10H2,1-4H3,(H,24,25)/b23-13-. The Kier molecular flexibility index (Phi) is 7.51. The molecule has 0 bridgehead atoms. The van der Waals surface area contributed by atoms with Gasteiger partial charge in [0.15, 0.2) is 11.5 Å². The van der Waals surface area contributed by atoms with Crippen molar-refractivity contribution < 1.29 is 18.9 Å². The molecule has 0 atom stereocenters. The number of para-hydroxylation sites is 1. The maximum atomic E-state index is 5.76. The summed E-state index contributed by atoms with van der Waals surface area (Å²) < 4.78 is 22.1. The second-order valence-corrected chi connectivity index (χ2v) is 7.07. The maximum absolute atomic E-state index is 5.76. The number of ether oxygens (including phenoxy) is 4. The zero-order valence-corrected chi connectivity index (χ0v) is 18.3. The number of rotatable bonds is 10. The van der Waals surface area contributed by atoms with Crippen molar-refractivity contribution in [2.24, 2.45) is 5.10 Å². The van der Waals surface area contributed by atoms with Crippen LogP contribution in [0, 0.1) is 0 Å². The first-order chi connectivity index (χ1) is 14.7. The lowest BCUT2D eigenvalue weighted by Crippen LogP contribution is -2.01. The first-order valence-electron chi connectivity index (χ1n) is 9.47. The number of benzene rings is 2. The number of aromatic nitrogens is 1. The second-order valence-electron chi connectivity index (χ2n) is 6.21. The van der Waals surface area contributed by atoms with Crippen LogP contribution in [-0.4, -0.2) is 39.1 Å². The van der Waals surface area contributed by atoms with Crippen LogP contribution in [0.3, 0.4) is 0 Å². The van der Waals surface area contributed by atoms with Crippen LogP contribution in [-0.2, 0) is 0 Å². The number of nitrogens with one attached hydrogen (secondary N) is 1. The van der Waals surface area contributed by atoms with Gasteiger partial charge < -0.3 is 18.9 Å². The minimum absolute atomic E-state index is 0.584.